The van der Waals surface area contributed by atoms with Gasteiger partial charge in [0.1, 0.15) is 11.5 Å². The number of hydrogen-bond acceptors (Lipinski definition) is 6. The summed E-state index contributed by atoms with van der Waals surface area (Å²) in [6.07, 6.45) is 15.5. The molecule has 4 unspecified atom stereocenters. The van der Waals surface area contributed by atoms with E-state index in [2.05, 4.69) is 0 Å². The summed E-state index contributed by atoms with van der Waals surface area (Å²) in [5.74, 6) is 0.438. The maximum absolute atomic E-state index is 11.0. The van der Waals surface area contributed by atoms with Crippen LogP contribution in [0.4, 0.5) is 0 Å². The van der Waals surface area contributed by atoms with Crippen molar-refractivity contribution in [1.29, 1.82) is 0 Å². The molecule has 0 aromatic heterocycles. The van der Waals surface area contributed by atoms with Gasteiger partial charge in [-0.15, -0.1) is 0 Å². The molecule has 0 radical (unpaired) electrons. The third kappa shape index (κ3) is 5.43. The number of phenols is 2. The van der Waals surface area contributed by atoms with Crippen LogP contribution >= 0.6 is 0 Å². The fraction of sp³-hybridized carbons (Fsp3) is 0.467. The van der Waals surface area contributed by atoms with Gasteiger partial charge in [0.15, 0.2) is 0 Å². The first-order chi connectivity index (χ1) is 17.5. The van der Waals surface area contributed by atoms with Crippen LogP contribution in [-0.2, 0) is 0 Å². The molecule has 0 amide bonds. The number of aliphatic imine (C=N–C) groups is 4. The summed E-state index contributed by atoms with van der Waals surface area (Å²) < 4.78 is 0. The van der Waals surface area contributed by atoms with Gasteiger partial charge in [-0.25, -0.2) is 0 Å². The number of hydrogen-bond donors (Lipinski definition) is 2. The Morgan fingerprint density at radius 1 is 0.500 bits per heavy atom. The van der Waals surface area contributed by atoms with Crippen LogP contribution in [0.1, 0.15) is 84.7 Å². The first-order valence-electron chi connectivity index (χ1n) is 13.3. The number of aromatic hydroxyl groups is 2. The minimum absolute atomic E-state index is 0.0434. The van der Waals surface area contributed by atoms with Crippen LogP contribution in [0.5, 0.6) is 11.5 Å². The van der Waals surface area contributed by atoms with Crippen molar-refractivity contribution < 1.29 is 10.2 Å². The monoisotopic (exact) mass is 484 g/mol. The number of benzene rings is 2. The number of rotatable bonds is 0. The maximum Gasteiger partial charge on any atom is 0.133 e. The minimum Gasteiger partial charge on any atom is -0.507 e. The quantitative estimate of drug-likeness (QED) is 0.500. The third-order valence-corrected chi connectivity index (χ3v) is 7.63. The largest absolute Gasteiger partial charge is 0.507 e. The van der Waals surface area contributed by atoms with Crippen molar-refractivity contribution in [3.8, 4) is 11.5 Å². The van der Waals surface area contributed by atoms with Gasteiger partial charge in [0.05, 0.1) is 24.2 Å². The van der Waals surface area contributed by atoms with Gasteiger partial charge in [-0.05, 0) is 74.9 Å². The highest BCUT2D eigenvalue weighted by Gasteiger charge is 2.25. The Bertz CT molecular complexity index is 1050. The molecule has 4 atom stereocenters. The van der Waals surface area contributed by atoms with E-state index in [-0.39, 0.29) is 35.7 Å². The number of nitrogens with zero attached hydrogens (tertiary/aromatic N) is 4. The fourth-order valence-electron chi connectivity index (χ4n) is 5.65. The Balaban J connectivity index is 1.60. The van der Waals surface area contributed by atoms with E-state index in [4.69, 9.17) is 20.0 Å². The Morgan fingerprint density at radius 2 is 0.750 bits per heavy atom. The Morgan fingerprint density at radius 3 is 1.00 bits per heavy atom. The molecule has 1 aliphatic heterocycles. The summed E-state index contributed by atoms with van der Waals surface area (Å²) in [4.78, 5) is 19.6. The van der Waals surface area contributed by atoms with Crippen molar-refractivity contribution in [2.75, 3.05) is 0 Å². The smallest absolute Gasteiger partial charge is 0.133 e. The van der Waals surface area contributed by atoms with Gasteiger partial charge in [0.2, 0.25) is 0 Å². The van der Waals surface area contributed by atoms with Gasteiger partial charge in [0, 0.05) is 47.1 Å². The van der Waals surface area contributed by atoms with E-state index in [0.717, 1.165) is 62.5 Å². The molecule has 2 aromatic rings. The van der Waals surface area contributed by atoms with Crippen LogP contribution in [-0.4, -0.2) is 59.2 Å². The molecule has 2 aliphatic carbocycles. The molecule has 0 saturated heterocycles. The molecule has 188 valence electrons. The first kappa shape index (κ1) is 24.4. The highest BCUT2D eigenvalue weighted by atomic mass is 16.3. The van der Waals surface area contributed by atoms with E-state index in [1.165, 1.54) is 0 Å². The lowest BCUT2D eigenvalue weighted by Crippen LogP contribution is -2.27. The second kappa shape index (κ2) is 10.8. The van der Waals surface area contributed by atoms with E-state index in [1.54, 1.807) is 24.9 Å². The SMILES string of the molecule is Cc1cc2c(O)c(c1)/C=N/C1CCCCC1/N=C/c1cc(C)cc(c1O)/C=N/C1CCCCC1/N=C/2. The number of phenolic OH excluding ortho intramolecular Hbond substituents is 2. The lowest BCUT2D eigenvalue weighted by Gasteiger charge is -2.26. The average Bonchev–Trinajstić information content (AvgIpc) is 2.88. The Labute approximate surface area is 213 Å². The third-order valence-electron chi connectivity index (χ3n) is 7.63. The van der Waals surface area contributed by atoms with E-state index >= 15 is 0 Å². The van der Waals surface area contributed by atoms with Crippen LogP contribution < -0.4 is 0 Å². The molecule has 2 saturated carbocycles. The molecule has 6 nitrogen and oxygen atoms in total. The summed E-state index contributed by atoms with van der Waals surface area (Å²) in [7, 11) is 0. The molecule has 3 aliphatic rings. The molecule has 2 fully saturated rings. The van der Waals surface area contributed by atoms with E-state index < -0.39 is 0 Å². The first-order valence-corrected chi connectivity index (χ1v) is 13.3. The minimum atomic E-state index is 0.0434. The predicted octanol–water partition coefficient (Wildman–Crippen LogP) is 5.73. The van der Waals surface area contributed by atoms with Gasteiger partial charge in [-0.3, -0.25) is 20.0 Å². The van der Waals surface area contributed by atoms with Crippen LogP contribution in [0.15, 0.2) is 44.2 Å². The number of aryl methyl sites for hydroxylation is 2. The molecule has 4 bridgehead atoms. The lowest BCUT2D eigenvalue weighted by atomic mass is 9.90. The molecule has 2 N–H and O–H groups in total. The zero-order valence-corrected chi connectivity index (χ0v) is 21.3. The van der Waals surface area contributed by atoms with Crippen molar-refractivity contribution in [2.45, 2.75) is 89.4 Å². The molecular formula is C30H36N4O2. The highest BCUT2D eigenvalue weighted by Crippen LogP contribution is 2.29. The van der Waals surface area contributed by atoms with Crippen LogP contribution in [0.25, 0.3) is 0 Å². The van der Waals surface area contributed by atoms with E-state index in [9.17, 15) is 10.2 Å². The van der Waals surface area contributed by atoms with Crippen molar-refractivity contribution in [1.82, 2.24) is 0 Å². The van der Waals surface area contributed by atoms with E-state index in [0.29, 0.717) is 22.3 Å². The summed E-state index contributed by atoms with van der Waals surface area (Å²) in [6, 6.07) is 8.05. The van der Waals surface area contributed by atoms with Crippen molar-refractivity contribution in [3.05, 3.63) is 57.6 Å². The molecule has 2 aromatic carbocycles. The normalized spacial score (nSPS) is 29.6. The van der Waals surface area contributed by atoms with Gasteiger partial charge < -0.3 is 10.2 Å². The number of fused-ring (bicyclic) bond motifs is 6. The Kier molecular flexibility index (Phi) is 7.30. The lowest BCUT2D eigenvalue weighted by molar-refractivity contribution is 0.389. The van der Waals surface area contributed by atoms with Crippen LogP contribution in [0.3, 0.4) is 0 Å². The fourth-order valence-corrected chi connectivity index (χ4v) is 5.65. The standard InChI is InChI=1S/C30H36N4O2/c1-19-11-21-15-31-25-7-3-5-9-27(25)33-17-23-13-20(2)14-24(30(23)36)18-34-28-10-6-4-8-26(28)32-16-22(12-19)29(21)35/h11-18,25-28,35-36H,3-10H2,1-2H3/b31-15+,32-16+,33-17+,34-18+. The topological polar surface area (TPSA) is 89.9 Å². The van der Waals surface area contributed by atoms with Gasteiger partial charge >= 0.3 is 0 Å². The molecule has 36 heavy (non-hydrogen) atoms. The second-order valence-electron chi connectivity index (χ2n) is 10.5. The van der Waals surface area contributed by atoms with Crippen LogP contribution in [0, 0.1) is 13.8 Å². The zero-order valence-electron chi connectivity index (χ0n) is 21.3. The molecule has 5 rings (SSSR count). The molecule has 0 spiro atoms. The molecular weight excluding hydrogens is 448 g/mol. The van der Waals surface area contributed by atoms with Crippen molar-refractivity contribution in [3.63, 3.8) is 0 Å². The summed E-state index contributed by atoms with van der Waals surface area (Å²) in [5.41, 5.74) is 4.97. The molecule has 6 heteroatoms. The zero-order chi connectivity index (χ0) is 25.1. The Hall–Kier alpha value is -3.28. The van der Waals surface area contributed by atoms with Crippen molar-refractivity contribution in [2.24, 2.45) is 20.0 Å². The van der Waals surface area contributed by atoms with Gasteiger partial charge in [0.25, 0.3) is 0 Å². The second-order valence-corrected chi connectivity index (χ2v) is 10.5. The highest BCUT2D eigenvalue weighted by molar-refractivity contribution is 5.93. The maximum atomic E-state index is 11.0. The average molecular weight is 485 g/mol. The summed E-state index contributed by atoms with van der Waals surface area (Å²) in [5, 5.41) is 22.1. The van der Waals surface area contributed by atoms with Crippen molar-refractivity contribution >= 4 is 24.9 Å². The predicted molar refractivity (Wildman–Crippen MR) is 148 cm³/mol. The summed E-state index contributed by atoms with van der Waals surface area (Å²) in [6.45, 7) is 4.06. The van der Waals surface area contributed by atoms with E-state index in [1.807, 2.05) is 38.1 Å². The van der Waals surface area contributed by atoms with Gasteiger partial charge in [-0.2, -0.15) is 0 Å². The molecule has 1 heterocycles. The van der Waals surface area contributed by atoms with Gasteiger partial charge in [-0.1, -0.05) is 25.7 Å². The summed E-state index contributed by atoms with van der Waals surface area (Å²) >= 11 is 0. The van der Waals surface area contributed by atoms with Crippen LogP contribution in [0.2, 0.25) is 0 Å².